The van der Waals surface area contributed by atoms with Crippen molar-refractivity contribution in [1.29, 1.82) is 0 Å². The molecule has 1 aliphatic heterocycles. The fourth-order valence-corrected chi connectivity index (χ4v) is 2.62. The minimum atomic E-state index is -0.569. The molecule has 1 aliphatic rings. The van der Waals surface area contributed by atoms with Gasteiger partial charge in [0.2, 0.25) is 0 Å². The predicted molar refractivity (Wildman–Crippen MR) is 80.9 cm³/mol. The van der Waals surface area contributed by atoms with Crippen LogP contribution in [0.2, 0.25) is 5.02 Å². The summed E-state index contributed by atoms with van der Waals surface area (Å²) in [6.45, 7) is 3.20. The zero-order valence-corrected chi connectivity index (χ0v) is 12.9. The average molecular weight is 321 g/mol. The monoisotopic (exact) mass is 320 g/mol. The molecule has 1 amide bonds. The Kier molecular flexibility index (Phi) is 6.24. The molecular weight excluding hydrogens is 302 g/mol. The van der Waals surface area contributed by atoms with Crippen LogP contribution in [0.15, 0.2) is 18.2 Å². The summed E-state index contributed by atoms with van der Waals surface area (Å²) in [5.41, 5.74) is 5.97. The van der Waals surface area contributed by atoms with E-state index in [1.165, 1.54) is 18.2 Å². The van der Waals surface area contributed by atoms with Gasteiger partial charge in [0.05, 0.1) is 5.56 Å². The topological polar surface area (TPSA) is 46.3 Å². The Morgan fingerprint density at radius 3 is 2.85 bits per heavy atom. The third-order valence-electron chi connectivity index (χ3n) is 3.65. The molecule has 0 radical (unpaired) electrons. The van der Waals surface area contributed by atoms with Gasteiger partial charge in [-0.25, -0.2) is 4.39 Å². The molecule has 0 bridgehead atoms. The van der Waals surface area contributed by atoms with E-state index in [1.54, 1.807) is 4.90 Å². The zero-order valence-electron chi connectivity index (χ0n) is 11.3. The van der Waals surface area contributed by atoms with Crippen LogP contribution < -0.4 is 5.73 Å². The second kappa shape index (κ2) is 7.25. The molecule has 1 heterocycles. The maximum absolute atomic E-state index is 13.8. The highest BCUT2D eigenvalue weighted by Gasteiger charge is 2.27. The standard InChI is InChI=1S/C14H18ClFN2O.ClH/c1-9(17)10-3-2-6-18(8-10)14(19)12-5-4-11(15)7-13(12)16;/h4-5,7,9-10H,2-3,6,8,17H2,1H3;1H. The molecule has 20 heavy (non-hydrogen) atoms. The van der Waals surface area contributed by atoms with Crippen molar-refractivity contribution in [2.75, 3.05) is 13.1 Å². The highest BCUT2D eigenvalue weighted by molar-refractivity contribution is 6.30. The van der Waals surface area contributed by atoms with Crippen LogP contribution in [0, 0.1) is 11.7 Å². The van der Waals surface area contributed by atoms with E-state index in [0.717, 1.165) is 12.8 Å². The maximum Gasteiger partial charge on any atom is 0.256 e. The van der Waals surface area contributed by atoms with Gasteiger partial charge < -0.3 is 10.6 Å². The smallest absolute Gasteiger partial charge is 0.256 e. The summed E-state index contributed by atoms with van der Waals surface area (Å²) in [6.07, 6.45) is 1.93. The largest absolute Gasteiger partial charge is 0.338 e. The molecule has 3 nitrogen and oxygen atoms in total. The molecule has 1 saturated heterocycles. The first kappa shape index (κ1) is 17.2. The van der Waals surface area contributed by atoms with Gasteiger partial charge in [-0.15, -0.1) is 12.4 Å². The van der Waals surface area contributed by atoms with Crippen LogP contribution in [0.1, 0.15) is 30.1 Å². The number of amides is 1. The Hall–Kier alpha value is -0.840. The highest BCUT2D eigenvalue weighted by Crippen LogP contribution is 2.22. The van der Waals surface area contributed by atoms with Crippen LogP contribution in [0.4, 0.5) is 4.39 Å². The van der Waals surface area contributed by atoms with Crippen molar-refractivity contribution in [2.45, 2.75) is 25.8 Å². The van der Waals surface area contributed by atoms with Crippen LogP contribution >= 0.6 is 24.0 Å². The lowest BCUT2D eigenvalue weighted by atomic mass is 9.92. The van der Waals surface area contributed by atoms with Gasteiger partial charge >= 0.3 is 0 Å². The quantitative estimate of drug-likeness (QED) is 0.910. The Bertz CT molecular complexity index is 482. The van der Waals surface area contributed by atoms with E-state index >= 15 is 0 Å². The minimum absolute atomic E-state index is 0. The number of nitrogens with zero attached hydrogens (tertiary/aromatic N) is 1. The third kappa shape index (κ3) is 3.84. The van der Waals surface area contributed by atoms with Gasteiger partial charge in [-0.05, 0) is 43.9 Å². The van der Waals surface area contributed by atoms with Crippen LogP contribution in [0.25, 0.3) is 0 Å². The van der Waals surface area contributed by atoms with E-state index in [2.05, 4.69) is 0 Å². The lowest BCUT2D eigenvalue weighted by Crippen LogP contribution is -2.45. The molecule has 1 aromatic carbocycles. The van der Waals surface area contributed by atoms with Gasteiger partial charge in [0.1, 0.15) is 5.82 Å². The Morgan fingerprint density at radius 2 is 2.25 bits per heavy atom. The Labute approximate surface area is 129 Å². The zero-order chi connectivity index (χ0) is 14.0. The molecule has 2 unspecified atom stereocenters. The lowest BCUT2D eigenvalue weighted by molar-refractivity contribution is 0.0656. The first-order valence-corrected chi connectivity index (χ1v) is 6.86. The van der Waals surface area contributed by atoms with E-state index in [-0.39, 0.29) is 35.8 Å². The number of benzene rings is 1. The number of carbonyl (C=O) groups excluding carboxylic acids is 1. The van der Waals surface area contributed by atoms with Gasteiger partial charge in [-0.2, -0.15) is 0 Å². The van der Waals surface area contributed by atoms with Crippen LogP contribution in [-0.2, 0) is 0 Å². The number of likely N-dealkylation sites (tertiary alicyclic amines) is 1. The molecule has 2 rings (SSSR count). The van der Waals surface area contributed by atoms with Crippen molar-refractivity contribution < 1.29 is 9.18 Å². The number of carbonyl (C=O) groups is 1. The number of halogens is 3. The van der Waals surface area contributed by atoms with E-state index in [1.807, 2.05) is 6.92 Å². The van der Waals surface area contributed by atoms with Crippen molar-refractivity contribution in [2.24, 2.45) is 11.7 Å². The number of hydrogen-bond donors (Lipinski definition) is 1. The van der Waals surface area contributed by atoms with Gasteiger partial charge in [0, 0.05) is 24.2 Å². The summed E-state index contributed by atoms with van der Waals surface area (Å²) in [5.74, 6) is -0.562. The maximum atomic E-state index is 13.8. The van der Waals surface area contributed by atoms with Crippen LogP contribution in [0.5, 0.6) is 0 Å². The highest BCUT2D eigenvalue weighted by atomic mass is 35.5. The van der Waals surface area contributed by atoms with Crippen molar-refractivity contribution in [3.8, 4) is 0 Å². The Morgan fingerprint density at radius 1 is 1.55 bits per heavy atom. The lowest BCUT2D eigenvalue weighted by Gasteiger charge is -2.34. The summed E-state index contributed by atoms with van der Waals surface area (Å²) >= 11 is 5.69. The van der Waals surface area contributed by atoms with Crippen LogP contribution in [-0.4, -0.2) is 29.9 Å². The normalized spacial score (nSPS) is 20.2. The van der Waals surface area contributed by atoms with Crippen molar-refractivity contribution in [3.63, 3.8) is 0 Å². The first-order chi connectivity index (χ1) is 8.99. The van der Waals surface area contributed by atoms with Gasteiger partial charge in [-0.3, -0.25) is 4.79 Å². The molecule has 6 heteroatoms. The molecule has 0 saturated carbocycles. The van der Waals surface area contributed by atoms with E-state index < -0.39 is 5.82 Å². The number of nitrogens with two attached hydrogens (primary N) is 1. The van der Waals surface area contributed by atoms with Crippen molar-refractivity contribution in [3.05, 3.63) is 34.6 Å². The van der Waals surface area contributed by atoms with E-state index in [9.17, 15) is 9.18 Å². The Balaban J connectivity index is 0.00000200. The second-order valence-corrected chi connectivity index (χ2v) is 5.57. The number of hydrogen-bond acceptors (Lipinski definition) is 2. The summed E-state index contributed by atoms with van der Waals surface area (Å²) in [7, 11) is 0. The fourth-order valence-electron chi connectivity index (χ4n) is 2.46. The third-order valence-corrected chi connectivity index (χ3v) is 3.89. The molecule has 0 aromatic heterocycles. The van der Waals surface area contributed by atoms with Gasteiger partial charge in [0.25, 0.3) is 5.91 Å². The molecule has 112 valence electrons. The van der Waals surface area contributed by atoms with Crippen molar-refractivity contribution >= 4 is 29.9 Å². The summed E-state index contributed by atoms with van der Waals surface area (Å²) < 4.78 is 13.8. The molecule has 0 spiro atoms. The minimum Gasteiger partial charge on any atom is -0.338 e. The van der Waals surface area contributed by atoms with E-state index in [0.29, 0.717) is 18.1 Å². The molecule has 2 atom stereocenters. The van der Waals surface area contributed by atoms with Gasteiger partial charge in [0.15, 0.2) is 0 Å². The number of piperidine rings is 1. The summed E-state index contributed by atoms with van der Waals surface area (Å²) in [5, 5.41) is 0.293. The summed E-state index contributed by atoms with van der Waals surface area (Å²) in [6, 6.07) is 4.19. The molecule has 1 fully saturated rings. The second-order valence-electron chi connectivity index (χ2n) is 5.14. The first-order valence-electron chi connectivity index (χ1n) is 6.49. The SMILES string of the molecule is CC(N)C1CCCN(C(=O)c2ccc(Cl)cc2F)C1.Cl. The fraction of sp³-hybridized carbons (Fsp3) is 0.500. The average Bonchev–Trinajstić information content (AvgIpc) is 2.38. The predicted octanol–water partition coefficient (Wildman–Crippen LogP) is 3.10. The summed E-state index contributed by atoms with van der Waals surface area (Å²) in [4.78, 5) is 14.0. The molecule has 2 N–H and O–H groups in total. The van der Waals surface area contributed by atoms with Gasteiger partial charge in [-0.1, -0.05) is 11.6 Å². The van der Waals surface area contributed by atoms with Crippen molar-refractivity contribution in [1.82, 2.24) is 4.90 Å². The molecule has 1 aromatic rings. The number of rotatable bonds is 2. The molecular formula is C14H19Cl2FN2O. The van der Waals surface area contributed by atoms with E-state index in [4.69, 9.17) is 17.3 Å². The molecule has 0 aliphatic carbocycles. The van der Waals surface area contributed by atoms with Crippen LogP contribution in [0.3, 0.4) is 0 Å².